The van der Waals surface area contributed by atoms with Crippen molar-refractivity contribution >= 4 is 50.3 Å². The maximum Gasteiger partial charge on any atom is 0.340 e. The number of amides is 1. The zero-order chi connectivity index (χ0) is 22.4. The Morgan fingerprint density at radius 2 is 1.71 bits per heavy atom. The molecule has 31 heavy (non-hydrogen) atoms. The van der Waals surface area contributed by atoms with Gasteiger partial charge in [-0.2, -0.15) is 0 Å². The van der Waals surface area contributed by atoms with Crippen LogP contribution in [0.25, 0.3) is 0 Å². The van der Waals surface area contributed by atoms with Crippen LogP contribution < -0.4 is 14.9 Å². The van der Waals surface area contributed by atoms with Crippen molar-refractivity contribution in [2.75, 3.05) is 35.6 Å². The van der Waals surface area contributed by atoms with Crippen molar-refractivity contribution in [3.05, 3.63) is 71.6 Å². The first-order valence-corrected chi connectivity index (χ1v) is 11.5. The lowest BCUT2D eigenvalue weighted by molar-refractivity contribution is -0.119. The molecule has 1 aromatic heterocycles. The number of thiophene rings is 1. The Kier molecular flexibility index (Phi) is 6.93. The Morgan fingerprint density at radius 3 is 2.35 bits per heavy atom. The molecule has 1 amide bonds. The minimum atomic E-state index is -3.83. The Labute approximate surface area is 184 Å². The van der Waals surface area contributed by atoms with Gasteiger partial charge in [0.25, 0.3) is 15.9 Å². The van der Waals surface area contributed by atoms with E-state index in [-0.39, 0.29) is 15.5 Å². The quantitative estimate of drug-likeness (QED) is 0.500. The predicted octanol–water partition coefficient (Wildman–Crippen LogP) is 3.41. The lowest BCUT2D eigenvalue weighted by Crippen LogP contribution is -2.22. The molecule has 0 radical (unpaired) electrons. The smallest absolute Gasteiger partial charge is 0.340 e. The van der Waals surface area contributed by atoms with Gasteiger partial charge in [0.2, 0.25) is 0 Å². The van der Waals surface area contributed by atoms with Crippen LogP contribution in [-0.4, -0.2) is 41.0 Å². The van der Waals surface area contributed by atoms with Crippen LogP contribution in [0.2, 0.25) is 0 Å². The minimum absolute atomic E-state index is 0.00534. The Balaban J connectivity index is 1.62. The number of nitrogens with one attached hydrogen (secondary N) is 2. The van der Waals surface area contributed by atoms with E-state index in [4.69, 9.17) is 4.74 Å². The van der Waals surface area contributed by atoms with Gasteiger partial charge < -0.3 is 15.0 Å². The van der Waals surface area contributed by atoms with Crippen molar-refractivity contribution in [2.24, 2.45) is 0 Å². The number of nitrogens with zero attached hydrogens (tertiary/aromatic N) is 1. The molecule has 0 atom stereocenters. The lowest BCUT2D eigenvalue weighted by atomic mass is 10.2. The standard InChI is InChI=1S/C21H21N3O5S2/c1-24(2)16-11-9-15(10-12-16)22-19(25)14-29-21(26)17-6-3-4-7-18(17)23-31(27,28)20-8-5-13-30-20/h3-13,23H,14H2,1-2H3,(H,22,25). The van der Waals surface area contributed by atoms with E-state index in [1.807, 2.05) is 31.1 Å². The fourth-order valence-electron chi connectivity index (χ4n) is 2.61. The molecule has 2 N–H and O–H groups in total. The molecule has 2 aromatic carbocycles. The second-order valence-electron chi connectivity index (χ2n) is 6.65. The summed E-state index contributed by atoms with van der Waals surface area (Å²) in [7, 11) is -0.0134. The average molecular weight is 460 g/mol. The molecular formula is C21H21N3O5S2. The fraction of sp³-hybridized carbons (Fsp3) is 0.143. The Morgan fingerprint density at radius 1 is 1.00 bits per heavy atom. The van der Waals surface area contributed by atoms with Crippen molar-refractivity contribution in [3.8, 4) is 0 Å². The van der Waals surface area contributed by atoms with Crippen LogP contribution in [0.3, 0.4) is 0 Å². The Hall–Kier alpha value is -3.37. The van der Waals surface area contributed by atoms with Crippen LogP contribution in [0.1, 0.15) is 10.4 Å². The molecule has 3 rings (SSSR count). The summed E-state index contributed by atoms with van der Waals surface area (Å²) in [4.78, 5) is 26.5. The molecule has 0 aliphatic heterocycles. The fourth-order valence-corrected chi connectivity index (χ4v) is 4.68. The molecule has 0 saturated carbocycles. The summed E-state index contributed by atoms with van der Waals surface area (Å²) in [5, 5.41) is 4.28. The van der Waals surface area contributed by atoms with Gasteiger partial charge in [-0.05, 0) is 47.8 Å². The van der Waals surface area contributed by atoms with Gasteiger partial charge in [-0.25, -0.2) is 13.2 Å². The largest absolute Gasteiger partial charge is 0.452 e. The SMILES string of the molecule is CN(C)c1ccc(NC(=O)COC(=O)c2ccccc2NS(=O)(=O)c2cccs2)cc1. The molecule has 0 unspecified atom stereocenters. The number of para-hydroxylation sites is 1. The highest BCUT2D eigenvalue weighted by Gasteiger charge is 2.20. The number of benzene rings is 2. The molecule has 0 spiro atoms. The lowest BCUT2D eigenvalue weighted by Gasteiger charge is -2.13. The van der Waals surface area contributed by atoms with Crippen LogP contribution in [0.4, 0.5) is 17.1 Å². The summed E-state index contributed by atoms with van der Waals surface area (Å²) in [6.07, 6.45) is 0. The third kappa shape index (κ3) is 5.83. The average Bonchev–Trinajstić information content (AvgIpc) is 3.28. The van der Waals surface area contributed by atoms with E-state index in [9.17, 15) is 18.0 Å². The molecule has 0 aliphatic rings. The number of anilines is 3. The zero-order valence-corrected chi connectivity index (χ0v) is 18.5. The van der Waals surface area contributed by atoms with Gasteiger partial charge in [-0.15, -0.1) is 11.3 Å². The van der Waals surface area contributed by atoms with Gasteiger partial charge in [-0.1, -0.05) is 18.2 Å². The first-order chi connectivity index (χ1) is 14.8. The summed E-state index contributed by atoms with van der Waals surface area (Å²) < 4.78 is 32.5. The summed E-state index contributed by atoms with van der Waals surface area (Å²) in [5.74, 6) is -1.33. The molecule has 1 heterocycles. The van der Waals surface area contributed by atoms with Crippen molar-refractivity contribution in [2.45, 2.75) is 4.21 Å². The van der Waals surface area contributed by atoms with Gasteiger partial charge in [0.15, 0.2) is 6.61 Å². The molecule has 3 aromatic rings. The monoisotopic (exact) mass is 459 g/mol. The van der Waals surface area contributed by atoms with Crippen molar-refractivity contribution in [3.63, 3.8) is 0 Å². The molecule has 0 aliphatic carbocycles. The van der Waals surface area contributed by atoms with Crippen LogP contribution in [0.5, 0.6) is 0 Å². The van der Waals surface area contributed by atoms with Gasteiger partial charge in [0.1, 0.15) is 4.21 Å². The number of hydrogen-bond acceptors (Lipinski definition) is 7. The van der Waals surface area contributed by atoms with Gasteiger partial charge in [-0.3, -0.25) is 9.52 Å². The molecule has 8 nitrogen and oxygen atoms in total. The Bertz CT molecular complexity index is 1160. The van der Waals surface area contributed by atoms with E-state index >= 15 is 0 Å². The van der Waals surface area contributed by atoms with Crippen molar-refractivity contribution in [1.82, 2.24) is 0 Å². The molecule has 162 valence electrons. The highest BCUT2D eigenvalue weighted by molar-refractivity contribution is 7.94. The molecule has 0 bridgehead atoms. The van der Waals surface area contributed by atoms with Crippen LogP contribution >= 0.6 is 11.3 Å². The normalized spacial score (nSPS) is 10.9. The molecular weight excluding hydrogens is 438 g/mol. The van der Waals surface area contributed by atoms with Crippen molar-refractivity contribution < 1.29 is 22.7 Å². The van der Waals surface area contributed by atoms with Gasteiger partial charge >= 0.3 is 5.97 Å². The summed E-state index contributed by atoms with van der Waals surface area (Å²) in [6.45, 7) is -0.514. The van der Waals surface area contributed by atoms with Crippen LogP contribution in [0.15, 0.2) is 70.3 Å². The number of esters is 1. The number of rotatable bonds is 8. The second kappa shape index (κ2) is 9.63. The third-order valence-corrected chi connectivity index (χ3v) is 6.92. The minimum Gasteiger partial charge on any atom is -0.452 e. The van der Waals surface area contributed by atoms with E-state index in [1.54, 1.807) is 35.7 Å². The molecule has 0 saturated heterocycles. The van der Waals surface area contributed by atoms with Gasteiger partial charge in [0.05, 0.1) is 11.3 Å². The number of ether oxygens (including phenoxy) is 1. The molecule has 10 heteroatoms. The van der Waals surface area contributed by atoms with Crippen LogP contribution in [0, 0.1) is 0 Å². The first kappa shape index (κ1) is 22.3. The summed E-state index contributed by atoms with van der Waals surface area (Å²) in [5.41, 5.74) is 1.62. The van der Waals surface area contributed by atoms with E-state index in [1.165, 1.54) is 18.2 Å². The van der Waals surface area contributed by atoms with E-state index in [0.717, 1.165) is 17.0 Å². The third-order valence-electron chi connectivity index (χ3n) is 4.15. The number of hydrogen-bond donors (Lipinski definition) is 2. The van der Waals surface area contributed by atoms with Crippen molar-refractivity contribution in [1.29, 1.82) is 0 Å². The number of carbonyl (C=O) groups is 2. The van der Waals surface area contributed by atoms with Gasteiger partial charge in [0, 0.05) is 25.5 Å². The number of sulfonamides is 1. The second-order valence-corrected chi connectivity index (χ2v) is 9.51. The maximum absolute atomic E-state index is 12.5. The number of carbonyl (C=O) groups excluding carboxylic acids is 2. The highest BCUT2D eigenvalue weighted by Crippen LogP contribution is 2.23. The zero-order valence-electron chi connectivity index (χ0n) is 16.9. The van der Waals surface area contributed by atoms with E-state index < -0.39 is 28.5 Å². The summed E-state index contributed by atoms with van der Waals surface area (Å²) >= 11 is 1.06. The topological polar surface area (TPSA) is 105 Å². The maximum atomic E-state index is 12.5. The summed E-state index contributed by atoms with van der Waals surface area (Å²) in [6, 6.07) is 16.3. The van der Waals surface area contributed by atoms with E-state index in [0.29, 0.717) is 5.69 Å². The van der Waals surface area contributed by atoms with E-state index in [2.05, 4.69) is 10.0 Å². The predicted molar refractivity (Wildman–Crippen MR) is 121 cm³/mol. The van der Waals surface area contributed by atoms with Crippen LogP contribution in [-0.2, 0) is 19.6 Å². The highest BCUT2D eigenvalue weighted by atomic mass is 32.2. The first-order valence-electron chi connectivity index (χ1n) is 9.16. The molecule has 0 fully saturated rings.